The van der Waals surface area contributed by atoms with Crippen molar-refractivity contribution in [1.82, 2.24) is 10.9 Å². The molecule has 0 aliphatic heterocycles. The Kier molecular flexibility index (Phi) is 9.14. The van der Waals surface area contributed by atoms with E-state index in [1.54, 1.807) is 0 Å². The van der Waals surface area contributed by atoms with Crippen molar-refractivity contribution in [2.24, 2.45) is 0 Å². The van der Waals surface area contributed by atoms with Crippen molar-refractivity contribution in [2.45, 2.75) is 31.5 Å². The van der Waals surface area contributed by atoms with Gasteiger partial charge in [-0.05, 0) is 61.1 Å². The van der Waals surface area contributed by atoms with Crippen LogP contribution in [0.25, 0.3) is 0 Å². The smallest absolute Gasteiger partial charge is 0.406 e. The van der Waals surface area contributed by atoms with E-state index in [1.165, 1.54) is 12.1 Å². The molecule has 0 heterocycles. The number of thiocarbonyl (C=S) groups is 1. The molecule has 0 saturated carbocycles. The molecule has 0 aliphatic carbocycles. The third-order valence-corrected chi connectivity index (χ3v) is 4.31. The van der Waals surface area contributed by atoms with Gasteiger partial charge in [-0.3, -0.25) is 20.4 Å². The van der Waals surface area contributed by atoms with Crippen molar-refractivity contribution in [3.63, 3.8) is 0 Å². The summed E-state index contributed by atoms with van der Waals surface area (Å²) in [6.07, 6.45) is -5.27. The van der Waals surface area contributed by atoms with Gasteiger partial charge in [0.15, 0.2) is 5.11 Å². The highest BCUT2D eigenvalue weighted by atomic mass is 32.1. The number of carbonyl (C=O) groups excluding carboxylic acids is 2. The highest BCUT2D eigenvalue weighted by Crippen LogP contribution is 2.24. The largest absolute Gasteiger partial charge is 0.573 e. The second kappa shape index (κ2) is 11.6. The summed E-state index contributed by atoms with van der Waals surface area (Å²) in [7, 11) is 0. The first-order chi connectivity index (χ1) is 15.0. The van der Waals surface area contributed by atoms with Gasteiger partial charge in [-0.15, -0.1) is 13.2 Å². The maximum absolute atomic E-state index is 12.2. The van der Waals surface area contributed by atoms with E-state index < -0.39 is 29.8 Å². The number of rotatable bonds is 8. The summed E-state index contributed by atoms with van der Waals surface area (Å²) < 4.78 is 40.3. The monoisotopic (exact) mass is 486 g/mol. The van der Waals surface area contributed by atoms with Crippen LogP contribution in [0.15, 0.2) is 48.5 Å². The molecule has 12 heteroatoms. The summed E-state index contributed by atoms with van der Waals surface area (Å²) >= 11 is 9.30. The molecule has 32 heavy (non-hydrogen) atoms. The summed E-state index contributed by atoms with van der Waals surface area (Å²) in [4.78, 5) is 24.0. The molecule has 0 fully saturated rings. The number of alkyl halides is 3. The third-order valence-electron chi connectivity index (χ3n) is 3.79. The standard InChI is InChI=1S/C20H21F3N4O3S2/c1-12-3-2-4-14(9-12)25-19(32)27-26-17(29)10-15(28)11-18(31)24-13-5-7-16(8-6-13)30-20(21,22)23/h2-9,18,24,31H,10-11H2,1H3,(H,26,29)(H2,25,27,32). The molecule has 1 atom stereocenters. The lowest BCUT2D eigenvalue weighted by atomic mass is 10.2. The predicted molar refractivity (Wildman–Crippen MR) is 122 cm³/mol. The first-order valence-electron chi connectivity index (χ1n) is 9.25. The molecule has 0 spiro atoms. The maximum atomic E-state index is 12.2. The number of halogens is 3. The molecule has 0 saturated heterocycles. The van der Waals surface area contributed by atoms with Crippen LogP contribution >= 0.6 is 24.8 Å². The molecule has 0 aliphatic rings. The van der Waals surface area contributed by atoms with Gasteiger partial charge < -0.3 is 15.4 Å². The Balaban J connectivity index is 1.70. The van der Waals surface area contributed by atoms with Crippen LogP contribution in [-0.2, 0) is 9.59 Å². The Hall–Kier alpha value is -2.99. The minimum absolute atomic E-state index is 0.0939. The molecule has 2 aromatic carbocycles. The molecule has 172 valence electrons. The predicted octanol–water partition coefficient (Wildman–Crippen LogP) is 3.93. The van der Waals surface area contributed by atoms with Crippen molar-refractivity contribution in [3.05, 3.63) is 54.1 Å². The van der Waals surface area contributed by atoms with Crippen molar-refractivity contribution in [2.75, 3.05) is 10.6 Å². The number of hydrogen-bond donors (Lipinski definition) is 5. The van der Waals surface area contributed by atoms with E-state index >= 15 is 0 Å². The van der Waals surface area contributed by atoms with E-state index in [0.717, 1.165) is 23.4 Å². The Bertz CT molecular complexity index is 956. The highest BCUT2D eigenvalue weighted by molar-refractivity contribution is 7.81. The van der Waals surface area contributed by atoms with Crippen molar-refractivity contribution < 1.29 is 27.5 Å². The number of Topliss-reactive ketones (excluding diaryl/α,β-unsaturated/α-hetero) is 1. The number of amides is 1. The van der Waals surface area contributed by atoms with Crippen LogP contribution in [0.3, 0.4) is 0 Å². The number of carbonyl (C=O) groups is 2. The molecule has 7 nitrogen and oxygen atoms in total. The topological polar surface area (TPSA) is 91.5 Å². The molecule has 1 unspecified atom stereocenters. The van der Waals surface area contributed by atoms with Crippen molar-refractivity contribution >= 4 is 53.0 Å². The SMILES string of the molecule is Cc1cccc(NC(=S)NNC(=O)CC(=O)CC(S)Nc2ccc(OC(F)(F)F)cc2)c1. The zero-order chi connectivity index (χ0) is 23.7. The van der Waals surface area contributed by atoms with Gasteiger partial charge in [-0.1, -0.05) is 12.1 Å². The maximum Gasteiger partial charge on any atom is 0.573 e. The van der Waals surface area contributed by atoms with E-state index in [-0.39, 0.29) is 17.3 Å². The number of ether oxygens (including phenoxy) is 1. The lowest BCUT2D eigenvalue weighted by Crippen LogP contribution is -2.44. The zero-order valence-corrected chi connectivity index (χ0v) is 18.5. The van der Waals surface area contributed by atoms with Gasteiger partial charge in [-0.2, -0.15) is 12.6 Å². The lowest BCUT2D eigenvalue weighted by molar-refractivity contribution is -0.274. The Morgan fingerprint density at radius 2 is 1.78 bits per heavy atom. The number of hydrazine groups is 1. The average molecular weight is 487 g/mol. The van der Waals surface area contributed by atoms with Crippen LogP contribution in [-0.4, -0.2) is 28.5 Å². The summed E-state index contributed by atoms with van der Waals surface area (Å²) in [6.45, 7) is 1.93. The number of aryl methyl sites for hydroxylation is 1. The van der Waals surface area contributed by atoms with Crippen LogP contribution in [0, 0.1) is 6.92 Å². The summed E-state index contributed by atoms with van der Waals surface area (Å²) in [5.74, 6) is -1.35. The van der Waals surface area contributed by atoms with E-state index in [4.69, 9.17) is 12.2 Å². The minimum atomic E-state index is -4.77. The van der Waals surface area contributed by atoms with E-state index in [1.807, 2.05) is 31.2 Å². The van der Waals surface area contributed by atoms with E-state index in [0.29, 0.717) is 5.69 Å². The molecule has 0 aromatic heterocycles. The number of hydrogen-bond acceptors (Lipinski definition) is 6. The van der Waals surface area contributed by atoms with Gasteiger partial charge >= 0.3 is 6.36 Å². The lowest BCUT2D eigenvalue weighted by Gasteiger charge is -2.15. The fourth-order valence-electron chi connectivity index (χ4n) is 2.52. The number of ketones is 1. The average Bonchev–Trinajstić information content (AvgIpc) is 2.66. The fourth-order valence-corrected chi connectivity index (χ4v) is 3.04. The fraction of sp³-hybridized carbons (Fsp3) is 0.250. The van der Waals surface area contributed by atoms with Crippen molar-refractivity contribution in [3.8, 4) is 5.75 Å². The van der Waals surface area contributed by atoms with Crippen LogP contribution < -0.4 is 26.2 Å². The molecule has 0 bridgehead atoms. The molecule has 2 rings (SSSR count). The van der Waals surface area contributed by atoms with Gasteiger partial charge in [0, 0.05) is 17.8 Å². The number of thiol groups is 1. The molecule has 1 amide bonds. The van der Waals surface area contributed by atoms with Crippen molar-refractivity contribution in [1.29, 1.82) is 0 Å². The second-order valence-electron chi connectivity index (χ2n) is 6.65. The van der Waals surface area contributed by atoms with Gasteiger partial charge in [0.2, 0.25) is 5.91 Å². The zero-order valence-electron chi connectivity index (χ0n) is 16.8. The summed E-state index contributed by atoms with van der Waals surface area (Å²) in [6, 6.07) is 12.4. The molecular weight excluding hydrogens is 465 g/mol. The Morgan fingerprint density at radius 3 is 2.41 bits per heavy atom. The Labute approximate surface area is 193 Å². The van der Waals surface area contributed by atoms with Gasteiger partial charge in [-0.25, -0.2) is 0 Å². The summed E-state index contributed by atoms with van der Waals surface area (Å²) in [5.41, 5.74) is 7.06. The van der Waals surface area contributed by atoms with Gasteiger partial charge in [0.05, 0.1) is 11.8 Å². The van der Waals surface area contributed by atoms with Crippen LogP contribution in [0.2, 0.25) is 0 Å². The number of anilines is 2. The summed E-state index contributed by atoms with van der Waals surface area (Å²) in [5, 5.41) is 5.25. The van der Waals surface area contributed by atoms with Gasteiger partial charge in [0.25, 0.3) is 0 Å². The first-order valence-corrected chi connectivity index (χ1v) is 10.2. The van der Waals surface area contributed by atoms with Crippen LogP contribution in [0.4, 0.5) is 24.5 Å². The van der Waals surface area contributed by atoms with Crippen LogP contribution in [0.1, 0.15) is 18.4 Å². The van der Waals surface area contributed by atoms with Gasteiger partial charge in [0.1, 0.15) is 11.5 Å². The number of nitrogens with one attached hydrogen (secondary N) is 4. The molecule has 2 aromatic rings. The molecule has 0 radical (unpaired) electrons. The quantitative estimate of drug-likeness (QED) is 0.127. The minimum Gasteiger partial charge on any atom is -0.406 e. The van der Waals surface area contributed by atoms with E-state index in [9.17, 15) is 22.8 Å². The molecular formula is C20H21F3N4O3S2. The van der Waals surface area contributed by atoms with Crippen LogP contribution in [0.5, 0.6) is 5.75 Å². The molecule has 4 N–H and O–H groups in total. The Morgan fingerprint density at radius 1 is 1.09 bits per heavy atom. The first kappa shape index (κ1) is 25.3. The normalized spacial score (nSPS) is 11.8. The van der Waals surface area contributed by atoms with E-state index in [2.05, 4.69) is 38.9 Å². The second-order valence-corrected chi connectivity index (χ2v) is 7.68. The number of benzene rings is 2. The third kappa shape index (κ3) is 9.88. The highest BCUT2D eigenvalue weighted by Gasteiger charge is 2.31.